The first-order chi connectivity index (χ1) is 15.0. The van der Waals surface area contributed by atoms with E-state index in [2.05, 4.69) is 5.32 Å². The molecule has 0 unspecified atom stereocenters. The van der Waals surface area contributed by atoms with Crippen LogP contribution in [0, 0.1) is 0 Å². The van der Waals surface area contributed by atoms with Crippen molar-refractivity contribution in [1.29, 1.82) is 0 Å². The van der Waals surface area contributed by atoms with Crippen molar-refractivity contribution in [2.75, 3.05) is 26.9 Å². The highest BCUT2D eigenvalue weighted by Crippen LogP contribution is 2.31. The van der Waals surface area contributed by atoms with Crippen molar-refractivity contribution in [3.8, 4) is 17.2 Å². The summed E-state index contributed by atoms with van der Waals surface area (Å²) in [6.07, 6.45) is 0.843. The lowest BCUT2D eigenvalue weighted by Crippen LogP contribution is -2.47. The molecule has 0 spiro atoms. The largest absolute Gasteiger partial charge is 0.497 e. The van der Waals surface area contributed by atoms with E-state index in [1.165, 1.54) is 0 Å². The van der Waals surface area contributed by atoms with E-state index in [9.17, 15) is 9.59 Å². The quantitative estimate of drug-likeness (QED) is 0.667. The molecule has 1 N–H and O–H groups in total. The molecule has 2 aromatic rings. The number of likely N-dealkylation sites (N-methyl/N-ethyl adjacent to an activating group) is 1. The van der Waals surface area contributed by atoms with Crippen molar-refractivity contribution in [3.63, 3.8) is 0 Å². The van der Waals surface area contributed by atoms with Crippen LogP contribution < -0.4 is 19.5 Å². The van der Waals surface area contributed by atoms with Gasteiger partial charge in [0.05, 0.1) is 7.11 Å². The van der Waals surface area contributed by atoms with E-state index in [1.807, 2.05) is 49.4 Å². The number of benzene rings is 2. The molecule has 1 atom stereocenters. The second-order valence-electron chi connectivity index (χ2n) is 7.42. The molecule has 1 heterocycles. The molecule has 0 radical (unpaired) electrons. The zero-order valence-electron chi connectivity index (χ0n) is 18.3. The lowest BCUT2D eigenvalue weighted by molar-refractivity contribution is -0.140. The lowest BCUT2D eigenvalue weighted by Gasteiger charge is -2.29. The van der Waals surface area contributed by atoms with Crippen molar-refractivity contribution < 1.29 is 23.8 Å². The number of aryl methyl sites for hydroxylation is 1. The van der Waals surface area contributed by atoms with Gasteiger partial charge in [-0.3, -0.25) is 9.59 Å². The highest BCUT2D eigenvalue weighted by atomic mass is 16.6. The second-order valence-corrected chi connectivity index (χ2v) is 7.42. The molecule has 166 valence electrons. The summed E-state index contributed by atoms with van der Waals surface area (Å²) in [5.41, 5.74) is 1.93. The summed E-state index contributed by atoms with van der Waals surface area (Å²) >= 11 is 0. The van der Waals surface area contributed by atoms with Crippen LogP contribution in [0.5, 0.6) is 17.2 Å². The minimum absolute atomic E-state index is 0.0792. The van der Waals surface area contributed by atoms with E-state index >= 15 is 0 Å². The Morgan fingerprint density at radius 2 is 1.74 bits per heavy atom. The number of rotatable bonds is 9. The molecule has 7 heteroatoms. The molecule has 31 heavy (non-hydrogen) atoms. The molecule has 0 saturated carbocycles. The van der Waals surface area contributed by atoms with Crippen LogP contribution >= 0.6 is 0 Å². The van der Waals surface area contributed by atoms with Gasteiger partial charge in [-0.2, -0.15) is 0 Å². The average molecular weight is 427 g/mol. The summed E-state index contributed by atoms with van der Waals surface area (Å²) in [5, 5.41) is 2.81. The van der Waals surface area contributed by atoms with Crippen LogP contribution in [-0.2, 0) is 22.6 Å². The van der Waals surface area contributed by atoms with Crippen molar-refractivity contribution in [2.45, 2.75) is 39.3 Å². The smallest absolute Gasteiger partial charge is 0.242 e. The number of nitrogens with one attached hydrogen (secondary N) is 1. The van der Waals surface area contributed by atoms with Gasteiger partial charge in [0, 0.05) is 19.5 Å². The van der Waals surface area contributed by atoms with Crippen molar-refractivity contribution in [2.24, 2.45) is 0 Å². The summed E-state index contributed by atoms with van der Waals surface area (Å²) in [6, 6.07) is 12.7. The van der Waals surface area contributed by atoms with Gasteiger partial charge in [-0.1, -0.05) is 18.2 Å². The number of hydrogen-bond acceptors (Lipinski definition) is 5. The van der Waals surface area contributed by atoms with Gasteiger partial charge >= 0.3 is 0 Å². The molecule has 1 aliphatic rings. The number of amides is 2. The maximum absolute atomic E-state index is 13.1. The van der Waals surface area contributed by atoms with E-state index < -0.39 is 6.04 Å². The van der Waals surface area contributed by atoms with Gasteiger partial charge in [0.25, 0.3) is 0 Å². The van der Waals surface area contributed by atoms with E-state index in [0.29, 0.717) is 44.9 Å². The van der Waals surface area contributed by atoms with Crippen molar-refractivity contribution >= 4 is 11.8 Å². The average Bonchev–Trinajstić information content (AvgIpc) is 2.81. The summed E-state index contributed by atoms with van der Waals surface area (Å²) < 4.78 is 16.4. The van der Waals surface area contributed by atoms with Gasteiger partial charge in [-0.15, -0.1) is 0 Å². The molecule has 2 aromatic carbocycles. The van der Waals surface area contributed by atoms with Gasteiger partial charge in [0.2, 0.25) is 11.8 Å². The first kappa shape index (κ1) is 22.5. The number of hydrogen-bond donors (Lipinski definition) is 1. The minimum Gasteiger partial charge on any atom is -0.497 e. The zero-order valence-corrected chi connectivity index (χ0v) is 18.3. The predicted octanol–water partition coefficient (Wildman–Crippen LogP) is 2.95. The monoisotopic (exact) mass is 426 g/mol. The number of carbonyl (C=O) groups excluding carboxylic acids is 2. The Morgan fingerprint density at radius 3 is 2.42 bits per heavy atom. The van der Waals surface area contributed by atoms with Crippen LogP contribution in [0.1, 0.15) is 31.4 Å². The molecule has 1 aliphatic heterocycles. The fourth-order valence-electron chi connectivity index (χ4n) is 3.47. The fraction of sp³-hybridized carbons (Fsp3) is 0.417. The van der Waals surface area contributed by atoms with Crippen LogP contribution in [0.25, 0.3) is 0 Å². The molecule has 0 bridgehead atoms. The Balaban J connectivity index is 1.70. The zero-order chi connectivity index (χ0) is 22.2. The van der Waals surface area contributed by atoms with Crippen LogP contribution in [0.3, 0.4) is 0 Å². The Bertz CT molecular complexity index is 897. The van der Waals surface area contributed by atoms with E-state index in [4.69, 9.17) is 14.2 Å². The SMILES string of the molecule is CCNC(=O)[C@H](C)N(Cc1ccc(OC)cc1)C(=O)CCc1ccc2c(c1)OCCO2. The van der Waals surface area contributed by atoms with Gasteiger partial charge in [-0.05, 0) is 55.7 Å². The Hall–Kier alpha value is -3.22. The summed E-state index contributed by atoms with van der Waals surface area (Å²) in [4.78, 5) is 27.2. The Morgan fingerprint density at radius 1 is 1.06 bits per heavy atom. The molecule has 0 fully saturated rings. The van der Waals surface area contributed by atoms with E-state index in [1.54, 1.807) is 18.9 Å². The molecule has 0 aliphatic carbocycles. The molecule has 2 amide bonds. The topological polar surface area (TPSA) is 77.1 Å². The van der Waals surface area contributed by atoms with Crippen LogP contribution in [0.4, 0.5) is 0 Å². The lowest BCUT2D eigenvalue weighted by atomic mass is 10.1. The molecule has 0 aromatic heterocycles. The molecule has 0 saturated heterocycles. The van der Waals surface area contributed by atoms with Crippen LogP contribution in [-0.4, -0.2) is 49.6 Å². The van der Waals surface area contributed by atoms with Gasteiger partial charge in [0.15, 0.2) is 11.5 Å². The molecular formula is C24H30N2O5. The van der Waals surface area contributed by atoms with Gasteiger partial charge in [-0.25, -0.2) is 0 Å². The Labute approximate surface area is 183 Å². The standard InChI is InChI=1S/C24H30N2O5/c1-4-25-24(28)17(2)26(16-19-5-9-20(29-3)10-6-19)23(27)12-8-18-7-11-21-22(15-18)31-14-13-30-21/h5-7,9-11,15,17H,4,8,12-14,16H2,1-3H3,(H,25,28)/t17-/m0/s1. The third-order valence-electron chi connectivity index (χ3n) is 5.26. The van der Waals surface area contributed by atoms with Crippen molar-refractivity contribution in [1.82, 2.24) is 10.2 Å². The number of methoxy groups -OCH3 is 1. The maximum Gasteiger partial charge on any atom is 0.242 e. The summed E-state index contributed by atoms with van der Waals surface area (Å²) in [6.45, 7) is 5.56. The van der Waals surface area contributed by atoms with Crippen molar-refractivity contribution in [3.05, 3.63) is 53.6 Å². The number of carbonyl (C=O) groups is 2. The van der Waals surface area contributed by atoms with Crippen LogP contribution in [0.2, 0.25) is 0 Å². The van der Waals surface area contributed by atoms with E-state index in [0.717, 1.165) is 22.6 Å². The number of ether oxygens (including phenoxy) is 3. The first-order valence-electron chi connectivity index (χ1n) is 10.6. The maximum atomic E-state index is 13.1. The first-order valence-corrected chi connectivity index (χ1v) is 10.6. The fourth-order valence-corrected chi connectivity index (χ4v) is 3.47. The predicted molar refractivity (Wildman–Crippen MR) is 117 cm³/mol. The third-order valence-corrected chi connectivity index (χ3v) is 5.26. The number of fused-ring (bicyclic) bond motifs is 1. The third kappa shape index (κ3) is 5.90. The van der Waals surface area contributed by atoms with E-state index in [-0.39, 0.29) is 11.8 Å². The van der Waals surface area contributed by atoms with Crippen LogP contribution in [0.15, 0.2) is 42.5 Å². The van der Waals surface area contributed by atoms with Gasteiger partial charge in [0.1, 0.15) is 25.0 Å². The number of nitrogens with zero attached hydrogens (tertiary/aromatic N) is 1. The highest BCUT2D eigenvalue weighted by molar-refractivity contribution is 5.87. The minimum atomic E-state index is -0.574. The molecular weight excluding hydrogens is 396 g/mol. The summed E-state index contributed by atoms with van der Waals surface area (Å²) in [5.74, 6) is 1.94. The second kappa shape index (κ2) is 10.7. The highest BCUT2D eigenvalue weighted by Gasteiger charge is 2.25. The van der Waals surface area contributed by atoms with Gasteiger partial charge < -0.3 is 24.4 Å². The molecule has 3 rings (SSSR count). The Kier molecular flexibility index (Phi) is 7.76. The summed E-state index contributed by atoms with van der Waals surface area (Å²) in [7, 11) is 1.61. The normalized spacial score (nSPS) is 13.3. The molecule has 7 nitrogen and oxygen atoms in total.